The summed E-state index contributed by atoms with van der Waals surface area (Å²) in [5.41, 5.74) is 8.29. The first kappa shape index (κ1) is 10.4. The molecule has 1 aromatic carbocycles. The molecule has 0 saturated heterocycles. The summed E-state index contributed by atoms with van der Waals surface area (Å²) in [6.45, 7) is 5.70. The summed E-state index contributed by atoms with van der Waals surface area (Å²) in [6, 6.07) is 3.46. The van der Waals surface area contributed by atoms with E-state index in [4.69, 9.17) is 5.73 Å². The van der Waals surface area contributed by atoms with E-state index in [0.717, 1.165) is 16.7 Å². The molecule has 2 N–H and O–H groups in total. The van der Waals surface area contributed by atoms with Gasteiger partial charge in [-0.05, 0) is 37.5 Å². The Morgan fingerprint density at radius 3 is 2.14 bits per heavy atom. The van der Waals surface area contributed by atoms with Crippen molar-refractivity contribution in [2.24, 2.45) is 5.73 Å². The second-order valence-corrected chi connectivity index (χ2v) is 3.37. The minimum Gasteiger partial charge on any atom is -0.363 e. The molecule has 1 amide bonds. The van der Waals surface area contributed by atoms with Crippen LogP contribution in [0.5, 0.6) is 0 Å². The van der Waals surface area contributed by atoms with Crippen molar-refractivity contribution < 1.29 is 9.59 Å². The van der Waals surface area contributed by atoms with E-state index in [-0.39, 0.29) is 0 Å². The Kier molecular flexibility index (Phi) is 2.70. The van der Waals surface area contributed by atoms with Crippen molar-refractivity contribution in [2.45, 2.75) is 20.8 Å². The fourth-order valence-electron chi connectivity index (χ4n) is 1.33. The number of primary amides is 1. The molecule has 0 aliphatic carbocycles. The molecule has 0 aliphatic rings. The summed E-state index contributed by atoms with van der Waals surface area (Å²) < 4.78 is 0. The molecule has 0 radical (unpaired) electrons. The van der Waals surface area contributed by atoms with E-state index in [9.17, 15) is 9.59 Å². The van der Waals surface area contributed by atoms with Crippen molar-refractivity contribution in [1.29, 1.82) is 0 Å². The Hall–Kier alpha value is -1.64. The highest BCUT2D eigenvalue weighted by Gasteiger charge is 2.15. The van der Waals surface area contributed by atoms with Crippen molar-refractivity contribution in [1.82, 2.24) is 0 Å². The normalized spacial score (nSPS) is 9.93. The minimum absolute atomic E-state index is 0.403. The molecule has 1 aromatic rings. The van der Waals surface area contributed by atoms with Crippen LogP contribution in [-0.4, -0.2) is 11.7 Å². The zero-order valence-corrected chi connectivity index (χ0v) is 8.55. The van der Waals surface area contributed by atoms with Crippen LogP contribution in [0.2, 0.25) is 0 Å². The Morgan fingerprint density at radius 2 is 1.64 bits per heavy atom. The maximum atomic E-state index is 11.4. The van der Waals surface area contributed by atoms with Crippen molar-refractivity contribution in [3.05, 3.63) is 34.4 Å². The van der Waals surface area contributed by atoms with Crippen LogP contribution in [0.25, 0.3) is 0 Å². The number of hydrogen-bond donors (Lipinski definition) is 1. The Labute approximate surface area is 82.9 Å². The number of rotatable bonds is 2. The van der Waals surface area contributed by atoms with Crippen LogP contribution in [0.1, 0.15) is 27.0 Å². The van der Waals surface area contributed by atoms with Crippen LogP contribution < -0.4 is 5.73 Å². The zero-order chi connectivity index (χ0) is 10.9. The van der Waals surface area contributed by atoms with Gasteiger partial charge in [-0.2, -0.15) is 0 Å². The van der Waals surface area contributed by atoms with E-state index >= 15 is 0 Å². The molecule has 0 heterocycles. The molecule has 74 valence electrons. The summed E-state index contributed by atoms with van der Waals surface area (Å²) >= 11 is 0. The second kappa shape index (κ2) is 3.62. The van der Waals surface area contributed by atoms with E-state index in [0.29, 0.717) is 5.56 Å². The first-order valence-corrected chi connectivity index (χ1v) is 4.36. The molecule has 0 unspecified atom stereocenters. The third-order valence-corrected chi connectivity index (χ3v) is 2.53. The lowest BCUT2D eigenvalue weighted by atomic mass is 9.96. The van der Waals surface area contributed by atoms with E-state index in [2.05, 4.69) is 0 Å². The van der Waals surface area contributed by atoms with Gasteiger partial charge >= 0.3 is 0 Å². The first-order chi connectivity index (χ1) is 6.45. The predicted octanol–water partition coefficient (Wildman–Crippen LogP) is 1.28. The Bertz CT molecular complexity index is 408. The molecule has 14 heavy (non-hydrogen) atoms. The smallest absolute Gasteiger partial charge is 0.289 e. The van der Waals surface area contributed by atoms with Crippen molar-refractivity contribution in [2.75, 3.05) is 0 Å². The molecule has 0 fully saturated rings. The molecule has 0 atom stereocenters. The van der Waals surface area contributed by atoms with Gasteiger partial charge in [0, 0.05) is 5.56 Å². The molecule has 0 aromatic heterocycles. The SMILES string of the molecule is Cc1ccc(C(=O)C(N)=O)c(C)c1C. The van der Waals surface area contributed by atoms with Crippen LogP contribution in [0.15, 0.2) is 12.1 Å². The summed E-state index contributed by atoms with van der Waals surface area (Å²) in [6.07, 6.45) is 0. The van der Waals surface area contributed by atoms with Crippen LogP contribution in [0.4, 0.5) is 0 Å². The fraction of sp³-hybridized carbons (Fsp3) is 0.273. The highest BCUT2D eigenvalue weighted by Crippen LogP contribution is 2.17. The number of Topliss-reactive ketones (excluding diaryl/α,β-unsaturated/α-hetero) is 1. The average molecular weight is 191 g/mol. The van der Waals surface area contributed by atoms with E-state index in [1.54, 1.807) is 6.07 Å². The third kappa shape index (κ3) is 1.66. The van der Waals surface area contributed by atoms with Crippen LogP contribution in [0.3, 0.4) is 0 Å². The lowest BCUT2D eigenvalue weighted by Crippen LogP contribution is -2.24. The number of carbonyl (C=O) groups excluding carboxylic acids is 2. The van der Waals surface area contributed by atoms with Gasteiger partial charge in [-0.1, -0.05) is 12.1 Å². The lowest BCUT2D eigenvalue weighted by molar-refractivity contribution is -0.114. The van der Waals surface area contributed by atoms with E-state index < -0.39 is 11.7 Å². The molecular weight excluding hydrogens is 178 g/mol. The molecule has 1 rings (SSSR count). The number of ketones is 1. The number of aryl methyl sites for hydroxylation is 1. The third-order valence-electron chi connectivity index (χ3n) is 2.53. The summed E-state index contributed by atoms with van der Waals surface area (Å²) in [7, 11) is 0. The highest BCUT2D eigenvalue weighted by molar-refractivity contribution is 6.42. The minimum atomic E-state index is -0.906. The summed E-state index contributed by atoms with van der Waals surface area (Å²) in [5, 5.41) is 0. The van der Waals surface area contributed by atoms with Crippen LogP contribution in [-0.2, 0) is 4.79 Å². The lowest BCUT2D eigenvalue weighted by Gasteiger charge is -2.08. The van der Waals surface area contributed by atoms with Gasteiger partial charge in [0.1, 0.15) is 0 Å². The standard InChI is InChI=1S/C11H13NO2/c1-6-4-5-9(8(3)7(6)2)10(13)11(12)14/h4-5H,1-3H3,(H2,12,14). The molecule has 3 nitrogen and oxygen atoms in total. The predicted molar refractivity (Wildman–Crippen MR) is 54.2 cm³/mol. The maximum Gasteiger partial charge on any atom is 0.289 e. The molecular formula is C11H13NO2. The summed E-state index contributed by atoms with van der Waals surface area (Å²) in [4.78, 5) is 22.1. The number of carbonyl (C=O) groups is 2. The summed E-state index contributed by atoms with van der Waals surface area (Å²) in [5.74, 6) is -1.53. The van der Waals surface area contributed by atoms with Gasteiger partial charge in [-0.3, -0.25) is 9.59 Å². The number of benzene rings is 1. The largest absolute Gasteiger partial charge is 0.363 e. The average Bonchev–Trinajstić information content (AvgIpc) is 2.13. The van der Waals surface area contributed by atoms with Gasteiger partial charge in [0.15, 0.2) is 0 Å². The highest BCUT2D eigenvalue weighted by atomic mass is 16.2. The Balaban J connectivity index is 3.31. The van der Waals surface area contributed by atoms with Gasteiger partial charge in [-0.15, -0.1) is 0 Å². The van der Waals surface area contributed by atoms with Gasteiger partial charge in [-0.25, -0.2) is 0 Å². The van der Waals surface area contributed by atoms with E-state index in [1.807, 2.05) is 26.8 Å². The molecule has 3 heteroatoms. The van der Waals surface area contributed by atoms with Gasteiger partial charge in [0.25, 0.3) is 5.91 Å². The van der Waals surface area contributed by atoms with Crippen molar-refractivity contribution in [3.8, 4) is 0 Å². The molecule has 0 spiro atoms. The number of amides is 1. The monoisotopic (exact) mass is 191 g/mol. The second-order valence-electron chi connectivity index (χ2n) is 3.37. The first-order valence-electron chi connectivity index (χ1n) is 4.36. The van der Waals surface area contributed by atoms with Gasteiger partial charge < -0.3 is 5.73 Å². The Morgan fingerprint density at radius 1 is 1.07 bits per heavy atom. The molecule has 0 saturated carbocycles. The zero-order valence-electron chi connectivity index (χ0n) is 8.55. The fourth-order valence-corrected chi connectivity index (χ4v) is 1.33. The van der Waals surface area contributed by atoms with E-state index in [1.165, 1.54) is 0 Å². The topological polar surface area (TPSA) is 60.2 Å². The van der Waals surface area contributed by atoms with Gasteiger partial charge in [0.2, 0.25) is 5.78 Å². The molecule has 0 aliphatic heterocycles. The quantitative estimate of drug-likeness (QED) is 0.565. The van der Waals surface area contributed by atoms with Crippen LogP contribution in [0, 0.1) is 20.8 Å². The van der Waals surface area contributed by atoms with Gasteiger partial charge in [0.05, 0.1) is 0 Å². The van der Waals surface area contributed by atoms with Crippen LogP contribution >= 0.6 is 0 Å². The number of nitrogens with two attached hydrogens (primary N) is 1. The van der Waals surface area contributed by atoms with Crippen molar-refractivity contribution in [3.63, 3.8) is 0 Å². The number of hydrogen-bond acceptors (Lipinski definition) is 2. The van der Waals surface area contributed by atoms with Crippen molar-refractivity contribution >= 4 is 11.7 Å². The molecule has 0 bridgehead atoms. The maximum absolute atomic E-state index is 11.4.